The molecule has 4 N–H and O–H groups in total. The zero-order valence-electron chi connectivity index (χ0n) is 6.87. The molecule has 1 rings (SSSR count). The van der Waals surface area contributed by atoms with E-state index in [0.29, 0.717) is 0 Å². The van der Waals surface area contributed by atoms with Crippen molar-refractivity contribution in [2.45, 2.75) is 19.1 Å². The number of hydrogen-bond donors (Lipinski definition) is 3. The summed E-state index contributed by atoms with van der Waals surface area (Å²) >= 11 is 0. The second-order valence-electron chi connectivity index (χ2n) is 2.58. The normalized spacial score (nSPS) is 23.3. The number of rotatable bonds is 2. The Kier molecular flexibility index (Phi) is 2.36. The lowest BCUT2D eigenvalue weighted by Gasteiger charge is -2.15. The first kappa shape index (κ1) is 9.30. The summed E-state index contributed by atoms with van der Waals surface area (Å²) in [5.74, 6) is -0.529. The van der Waals surface area contributed by atoms with Gasteiger partial charge in [0.2, 0.25) is 0 Å². The number of urea groups is 1. The predicted octanol–water partition coefficient (Wildman–Crippen LogP) is -1.32. The molecule has 1 aliphatic heterocycles. The summed E-state index contributed by atoms with van der Waals surface area (Å²) in [6.45, 7) is 1.46. The number of carbonyl (C=O) groups is 3. The first-order valence-electron chi connectivity index (χ1n) is 3.58. The lowest BCUT2D eigenvalue weighted by Crippen LogP contribution is -2.42. The maximum Gasteiger partial charge on any atom is 0.404 e. The monoisotopic (exact) mass is 187 g/mol. The molecule has 2 atom stereocenters. The fraction of sp³-hybridized carbons (Fsp3) is 0.500. The van der Waals surface area contributed by atoms with Crippen LogP contribution in [0.15, 0.2) is 0 Å². The number of nitrogens with one attached hydrogen (secondary N) is 2. The van der Waals surface area contributed by atoms with Gasteiger partial charge in [-0.25, -0.2) is 9.59 Å². The minimum Gasteiger partial charge on any atom is -0.444 e. The predicted molar refractivity (Wildman–Crippen MR) is 40.6 cm³/mol. The van der Waals surface area contributed by atoms with Crippen LogP contribution in [0.1, 0.15) is 6.92 Å². The number of hydrogen-bond acceptors (Lipinski definition) is 4. The van der Waals surface area contributed by atoms with Crippen LogP contribution in [0.2, 0.25) is 0 Å². The van der Waals surface area contributed by atoms with Crippen LogP contribution < -0.4 is 16.4 Å². The van der Waals surface area contributed by atoms with Gasteiger partial charge in [-0.1, -0.05) is 0 Å². The molecular weight excluding hydrogens is 178 g/mol. The molecule has 0 aromatic rings. The lowest BCUT2D eigenvalue weighted by atomic mass is 10.2. The molecule has 0 aromatic carbocycles. The van der Waals surface area contributed by atoms with Gasteiger partial charge in [0.15, 0.2) is 0 Å². The molecule has 1 aliphatic rings. The molecule has 72 valence electrons. The molecule has 7 nitrogen and oxygen atoms in total. The minimum atomic E-state index is -0.985. The van der Waals surface area contributed by atoms with Gasteiger partial charge in [-0.2, -0.15) is 0 Å². The molecule has 4 amide bonds. The van der Waals surface area contributed by atoms with Crippen molar-refractivity contribution in [3.8, 4) is 0 Å². The van der Waals surface area contributed by atoms with Crippen molar-refractivity contribution < 1.29 is 19.1 Å². The van der Waals surface area contributed by atoms with E-state index in [9.17, 15) is 14.4 Å². The van der Waals surface area contributed by atoms with E-state index in [2.05, 4.69) is 10.1 Å². The third-order valence-electron chi connectivity index (χ3n) is 1.58. The highest BCUT2D eigenvalue weighted by Gasteiger charge is 2.35. The highest BCUT2D eigenvalue weighted by molar-refractivity contribution is 6.04. The van der Waals surface area contributed by atoms with Crippen LogP contribution >= 0.6 is 0 Å². The molecule has 1 unspecified atom stereocenters. The van der Waals surface area contributed by atoms with Crippen LogP contribution in [0, 0.1) is 0 Å². The number of ether oxygens (including phenoxy) is 1. The van der Waals surface area contributed by atoms with E-state index in [4.69, 9.17) is 5.73 Å². The van der Waals surface area contributed by atoms with E-state index in [1.54, 1.807) is 0 Å². The lowest BCUT2D eigenvalue weighted by molar-refractivity contribution is -0.122. The van der Waals surface area contributed by atoms with Gasteiger partial charge in [-0.3, -0.25) is 10.1 Å². The van der Waals surface area contributed by atoms with Crippen molar-refractivity contribution in [1.82, 2.24) is 10.6 Å². The zero-order valence-corrected chi connectivity index (χ0v) is 6.87. The van der Waals surface area contributed by atoms with E-state index in [0.717, 1.165) is 0 Å². The molecule has 1 heterocycles. The van der Waals surface area contributed by atoms with E-state index < -0.39 is 30.2 Å². The van der Waals surface area contributed by atoms with Crippen molar-refractivity contribution in [1.29, 1.82) is 0 Å². The highest BCUT2D eigenvalue weighted by Crippen LogP contribution is 2.03. The molecule has 0 spiro atoms. The van der Waals surface area contributed by atoms with Gasteiger partial charge in [0.25, 0.3) is 5.91 Å². The van der Waals surface area contributed by atoms with E-state index in [1.165, 1.54) is 6.92 Å². The van der Waals surface area contributed by atoms with Gasteiger partial charge in [-0.15, -0.1) is 0 Å². The molecule has 1 fully saturated rings. The topological polar surface area (TPSA) is 111 Å². The maximum atomic E-state index is 11.0. The van der Waals surface area contributed by atoms with Crippen LogP contribution in [-0.2, 0) is 9.53 Å². The Morgan fingerprint density at radius 1 is 1.62 bits per heavy atom. The fourth-order valence-corrected chi connectivity index (χ4v) is 1.01. The van der Waals surface area contributed by atoms with Crippen LogP contribution in [0.25, 0.3) is 0 Å². The molecule has 0 saturated carbocycles. The molecule has 0 aromatic heterocycles. The van der Waals surface area contributed by atoms with Crippen molar-refractivity contribution in [3.63, 3.8) is 0 Å². The quantitative estimate of drug-likeness (QED) is 0.465. The fourth-order valence-electron chi connectivity index (χ4n) is 1.01. The van der Waals surface area contributed by atoms with Gasteiger partial charge in [0.1, 0.15) is 12.1 Å². The summed E-state index contributed by atoms with van der Waals surface area (Å²) in [7, 11) is 0. The smallest absolute Gasteiger partial charge is 0.404 e. The van der Waals surface area contributed by atoms with Gasteiger partial charge >= 0.3 is 12.1 Å². The Morgan fingerprint density at radius 3 is 2.62 bits per heavy atom. The van der Waals surface area contributed by atoms with Gasteiger partial charge in [0.05, 0.1) is 0 Å². The van der Waals surface area contributed by atoms with Crippen LogP contribution in [0.4, 0.5) is 9.59 Å². The second-order valence-corrected chi connectivity index (χ2v) is 2.58. The number of nitrogens with two attached hydrogens (primary N) is 1. The molecule has 0 aliphatic carbocycles. The maximum absolute atomic E-state index is 11.0. The third kappa shape index (κ3) is 2.08. The largest absolute Gasteiger partial charge is 0.444 e. The van der Waals surface area contributed by atoms with E-state index in [1.807, 2.05) is 5.32 Å². The second kappa shape index (κ2) is 3.30. The first-order valence-corrected chi connectivity index (χ1v) is 3.58. The van der Waals surface area contributed by atoms with Gasteiger partial charge in [-0.05, 0) is 6.92 Å². The third-order valence-corrected chi connectivity index (χ3v) is 1.58. The Balaban J connectivity index is 2.56. The Hall–Kier alpha value is -1.79. The number of carbonyl (C=O) groups excluding carboxylic acids is 3. The van der Waals surface area contributed by atoms with Gasteiger partial charge < -0.3 is 15.8 Å². The molecular formula is C6H9N3O4. The number of amides is 4. The summed E-state index contributed by atoms with van der Waals surface area (Å²) in [5.41, 5.74) is 4.74. The highest BCUT2D eigenvalue weighted by atomic mass is 16.6. The van der Waals surface area contributed by atoms with E-state index in [-0.39, 0.29) is 0 Å². The summed E-state index contributed by atoms with van der Waals surface area (Å²) in [6, 6.07) is -1.46. The number of primary amides is 1. The zero-order chi connectivity index (χ0) is 10.0. The number of imide groups is 1. The van der Waals surface area contributed by atoms with E-state index >= 15 is 0 Å². The summed E-state index contributed by atoms with van der Waals surface area (Å²) in [4.78, 5) is 31.9. The molecule has 1 saturated heterocycles. The molecule has 0 radical (unpaired) electrons. The summed E-state index contributed by atoms with van der Waals surface area (Å²) in [6.07, 6.45) is -1.76. The van der Waals surface area contributed by atoms with Gasteiger partial charge in [0, 0.05) is 0 Å². The average molecular weight is 187 g/mol. The molecule has 13 heavy (non-hydrogen) atoms. The Bertz CT molecular complexity index is 265. The summed E-state index contributed by atoms with van der Waals surface area (Å²) < 4.78 is 4.52. The first-order chi connectivity index (χ1) is 6.00. The van der Waals surface area contributed by atoms with Crippen LogP contribution in [0.5, 0.6) is 0 Å². The Labute approximate surface area is 73.6 Å². The van der Waals surface area contributed by atoms with Crippen LogP contribution in [-0.4, -0.2) is 30.2 Å². The Morgan fingerprint density at radius 2 is 2.23 bits per heavy atom. The minimum absolute atomic E-state index is 0.529. The molecule has 0 bridgehead atoms. The molecule has 7 heteroatoms. The SMILES string of the molecule is C[C@@H](OC(N)=O)C1NC(=O)NC1=O. The van der Waals surface area contributed by atoms with Crippen LogP contribution in [0.3, 0.4) is 0 Å². The van der Waals surface area contributed by atoms with Crippen molar-refractivity contribution in [3.05, 3.63) is 0 Å². The van der Waals surface area contributed by atoms with Crippen molar-refractivity contribution >= 4 is 18.0 Å². The summed E-state index contributed by atoms with van der Waals surface area (Å²) in [5, 5.41) is 4.28. The standard InChI is InChI=1S/C6H9N3O4/c1-2(13-5(7)11)3-4(10)9-6(12)8-3/h2-3H,1H3,(H2,7,11)(H2,8,9,10,12)/t2-,3?/m1/s1. The van der Waals surface area contributed by atoms with Crippen molar-refractivity contribution in [2.24, 2.45) is 5.73 Å². The van der Waals surface area contributed by atoms with Crippen molar-refractivity contribution in [2.75, 3.05) is 0 Å². The average Bonchev–Trinajstić information content (AvgIpc) is 2.28.